The molecule has 0 radical (unpaired) electrons. The van der Waals surface area contributed by atoms with E-state index < -0.39 is 0 Å². The number of rotatable bonds is 0. The summed E-state index contributed by atoms with van der Waals surface area (Å²) < 4.78 is 22.0. The van der Waals surface area contributed by atoms with E-state index in [2.05, 4.69) is 228 Å². The number of imidazole rings is 1. The van der Waals surface area contributed by atoms with E-state index in [1.165, 1.54) is 86.4 Å². The van der Waals surface area contributed by atoms with Crippen molar-refractivity contribution in [3.63, 3.8) is 0 Å². The molecule has 6 aliphatic rings. The van der Waals surface area contributed by atoms with Crippen LogP contribution in [0.15, 0.2) is 399 Å². The van der Waals surface area contributed by atoms with Crippen molar-refractivity contribution in [2.45, 2.75) is 234 Å². The summed E-state index contributed by atoms with van der Waals surface area (Å²) in [5.74, 6) is 3.40. The highest BCUT2D eigenvalue weighted by Crippen LogP contribution is 2.31. The number of hydrogen-bond acceptors (Lipinski definition) is 13. The van der Waals surface area contributed by atoms with Crippen LogP contribution in [-0.4, -0.2) is 68.8 Å². The van der Waals surface area contributed by atoms with Gasteiger partial charge in [-0.1, -0.05) is 469 Å². The zero-order chi connectivity index (χ0) is 99.6. The molecule has 13 nitrogen and oxygen atoms in total. The van der Waals surface area contributed by atoms with Gasteiger partial charge in [-0.15, -0.1) is 11.3 Å². The van der Waals surface area contributed by atoms with Crippen molar-refractivity contribution >= 4 is 87.5 Å². The lowest BCUT2D eigenvalue weighted by Crippen LogP contribution is -2.14. The van der Waals surface area contributed by atoms with E-state index in [0.29, 0.717) is 20.0 Å². The average Bonchev–Trinajstić information content (AvgIpc) is 1.84. The number of aliphatic imine (C=N–C) groups is 1. The Hall–Kier alpha value is -13.6. The molecule has 13 aromatic carbocycles. The first-order valence-corrected chi connectivity index (χ1v) is 50.2. The summed E-state index contributed by atoms with van der Waals surface area (Å²) >= 11 is 1.68. The summed E-state index contributed by atoms with van der Waals surface area (Å²) in [5, 5.41) is 13.0. The van der Waals surface area contributed by atoms with Gasteiger partial charge in [0.15, 0.2) is 23.0 Å². The number of H-pyrrole nitrogens is 1. The van der Waals surface area contributed by atoms with Gasteiger partial charge >= 0.3 is 0 Å². The van der Waals surface area contributed by atoms with E-state index in [0.717, 1.165) is 75.7 Å². The number of benzene rings is 13. The first-order chi connectivity index (χ1) is 67.1. The van der Waals surface area contributed by atoms with E-state index in [-0.39, 0.29) is 29.7 Å². The molecule has 0 unspecified atom stereocenters. The molecule has 4 aromatic heterocycles. The molecule has 14 heteroatoms. The molecule has 8 heterocycles. The lowest BCUT2D eigenvalue weighted by Gasteiger charge is -2.17. The molecule has 0 fully saturated rings. The quantitative estimate of drug-likeness (QED) is 0.133. The highest BCUT2D eigenvalue weighted by Gasteiger charge is 2.13. The number of pyridine rings is 1. The van der Waals surface area contributed by atoms with Crippen LogP contribution in [0, 0.1) is 0 Å². The maximum atomic E-state index is 5.30. The third-order valence-corrected chi connectivity index (χ3v) is 18.5. The Balaban J connectivity index is -0.000000460. The molecule has 0 atom stereocenters. The number of hydrogen-bond donors (Lipinski definition) is 3. The normalized spacial score (nSPS) is 10.6. The smallest absolute Gasteiger partial charge is 0.231 e. The number of thiazole rings is 1. The second-order valence-corrected chi connectivity index (χ2v) is 26.2. The minimum absolute atomic E-state index is 0. The maximum absolute atomic E-state index is 5.30. The molecule has 0 spiro atoms. The maximum Gasteiger partial charge on any atom is 0.231 e. The van der Waals surface area contributed by atoms with E-state index in [9.17, 15) is 0 Å². The molecular weight excluding hydrogens is 1720 g/mol. The predicted molar refractivity (Wildman–Crippen MR) is 623 cm³/mol. The number of allylic oxidation sites excluding steroid dienone is 4. The van der Waals surface area contributed by atoms with Gasteiger partial charge in [0.25, 0.3) is 0 Å². The summed E-state index contributed by atoms with van der Waals surface area (Å²) in [4.78, 5) is 27.9. The van der Waals surface area contributed by atoms with Gasteiger partial charge in [-0.25, -0.2) is 9.97 Å². The molecule has 139 heavy (non-hydrogen) atoms. The van der Waals surface area contributed by atoms with Gasteiger partial charge in [0.2, 0.25) is 6.79 Å². The highest BCUT2D eigenvalue weighted by molar-refractivity contribution is 7.16. The third-order valence-electron chi connectivity index (χ3n) is 17.7. The van der Waals surface area contributed by atoms with Crippen molar-refractivity contribution in [3.05, 3.63) is 411 Å². The molecule has 23 rings (SSSR count). The van der Waals surface area contributed by atoms with Crippen molar-refractivity contribution in [2.75, 3.05) is 38.5 Å². The number of aryl methyl sites for hydroxylation is 3. The Morgan fingerprint density at radius 3 is 1.06 bits per heavy atom. The first-order valence-electron chi connectivity index (χ1n) is 49.4. The van der Waals surface area contributed by atoms with E-state index in [1.807, 2.05) is 354 Å². The van der Waals surface area contributed by atoms with Gasteiger partial charge in [0, 0.05) is 42.6 Å². The summed E-state index contributed by atoms with van der Waals surface area (Å²) in [5.41, 5.74) is 16.4. The van der Waals surface area contributed by atoms with Crippen molar-refractivity contribution < 1.29 is 18.9 Å². The molecule has 752 valence electrons. The topological polar surface area (TPSA) is 154 Å². The Labute approximate surface area is 847 Å². The summed E-state index contributed by atoms with van der Waals surface area (Å²) in [6.45, 7) is 51.6. The van der Waals surface area contributed by atoms with Gasteiger partial charge in [-0.3, -0.25) is 19.9 Å². The molecule has 0 bridgehead atoms. The number of ether oxygens (including phenoxy) is 4. The minimum atomic E-state index is 0. The van der Waals surface area contributed by atoms with E-state index >= 15 is 0 Å². The monoisotopic (exact) mass is 1900 g/mol. The zero-order valence-electron chi connectivity index (χ0n) is 86.0. The Kier molecular flexibility index (Phi) is 91.3. The van der Waals surface area contributed by atoms with Gasteiger partial charge in [0.05, 0.1) is 61.0 Å². The average molecular weight is 1900 g/mol. The van der Waals surface area contributed by atoms with Gasteiger partial charge in [-0.05, 0) is 155 Å². The summed E-state index contributed by atoms with van der Waals surface area (Å²) in [7, 11) is 0. The van der Waals surface area contributed by atoms with Crippen molar-refractivity contribution in [1.29, 1.82) is 0 Å². The van der Waals surface area contributed by atoms with Crippen LogP contribution in [-0.2, 0) is 19.3 Å². The fourth-order valence-electron chi connectivity index (χ4n) is 12.1. The van der Waals surface area contributed by atoms with Crippen LogP contribution in [0.4, 0.5) is 5.69 Å². The lowest BCUT2D eigenvalue weighted by atomic mass is 10.0. The number of fused-ring (bicyclic) bond motifs is 11. The Morgan fingerprint density at radius 2 is 0.640 bits per heavy atom. The summed E-state index contributed by atoms with van der Waals surface area (Å²) in [6.07, 6.45) is 20.6. The van der Waals surface area contributed by atoms with Crippen LogP contribution in [0.3, 0.4) is 0 Å². The van der Waals surface area contributed by atoms with Gasteiger partial charge in [-0.2, -0.15) is 0 Å². The summed E-state index contributed by atoms with van der Waals surface area (Å²) in [6, 6.07) is 114. The van der Waals surface area contributed by atoms with Gasteiger partial charge < -0.3 is 34.6 Å². The Morgan fingerprint density at radius 1 is 0.288 bits per heavy atom. The standard InChI is InChI=1S/2C10H8.C9H11N.C9H7N.C9H10.C8H6N2.C8H8O2.C7H8N2.C7H6N2.C7H5NS.C7H6O2.C6H6.12C2H6.4CH4/c2*1-2-6-10-8-4-3-7-9(10)5-1;2*1-2-6-9-8(4-1)5-3-7-10-9;1-2-5-9-7-3-6-8(9)4-1;2*1-2-4-8-7(3-1)9-5-6-10-8;4*1-2-4-7-6(3-1)8-5-9-7;1-2-4-6-5-3-1;12*1-2;;;;/h2*1-8H;1-2,4,6,10H,3,5,7H2;1-7H;1-2,4-5H,3,6-7H2;1-6H;1-4H,5-6H2;1-3,8H,4-5H2;1-5H,(H,8,9);1-5H;1-4H,5H2;1-6H;12*1-2H3;4*1H4. The highest BCUT2D eigenvalue weighted by atomic mass is 32.1. The molecule has 17 aromatic rings. The molecular formula is C125H177N9O4S. The van der Waals surface area contributed by atoms with E-state index in [4.69, 9.17) is 18.9 Å². The minimum Gasteiger partial charge on any atom is -0.486 e. The number of nitrogens with zero attached hydrogens (tertiary/aromatic N) is 6. The second kappa shape index (κ2) is 94.8. The second-order valence-electron chi connectivity index (χ2n) is 25.3. The molecule has 0 saturated carbocycles. The van der Waals surface area contributed by atoms with Crippen LogP contribution in [0.5, 0.6) is 23.0 Å². The van der Waals surface area contributed by atoms with Crippen molar-refractivity contribution in [2.24, 2.45) is 4.99 Å². The fourth-order valence-corrected chi connectivity index (χ4v) is 12.8. The predicted octanol–water partition coefficient (Wildman–Crippen LogP) is 37.9. The van der Waals surface area contributed by atoms with Crippen LogP contribution in [0.25, 0.3) is 64.7 Å². The molecule has 3 N–H and O–H groups in total. The van der Waals surface area contributed by atoms with Crippen molar-refractivity contribution in [3.8, 4) is 23.0 Å². The van der Waals surface area contributed by atoms with Crippen LogP contribution in [0.2, 0.25) is 0 Å². The number of nitrogens with one attached hydrogen (secondary N) is 3. The number of aromatic amines is 1. The Bertz CT molecular complexity index is 4800. The third kappa shape index (κ3) is 54.3. The molecule has 0 saturated heterocycles. The van der Waals surface area contributed by atoms with Crippen LogP contribution < -0.4 is 29.6 Å². The fraction of sp³-hybridized carbons (Fsp3) is 0.312. The van der Waals surface area contributed by atoms with Gasteiger partial charge in [0.1, 0.15) is 19.9 Å². The number of aromatic nitrogens is 6. The van der Waals surface area contributed by atoms with E-state index in [1.54, 1.807) is 41.2 Å². The van der Waals surface area contributed by atoms with Crippen molar-refractivity contribution in [1.82, 2.24) is 35.2 Å². The number of para-hydroxylation sites is 11. The first kappa shape index (κ1) is 134. The largest absolute Gasteiger partial charge is 0.486 e. The zero-order valence-corrected chi connectivity index (χ0v) is 86.8. The molecule has 0 amide bonds. The van der Waals surface area contributed by atoms with Crippen LogP contribution in [0.1, 0.15) is 232 Å². The number of anilines is 1. The molecule has 2 aliphatic carbocycles. The SMILES string of the molecule is C.C.C.C.C1=CCC2=NCNC2=C1.CC.CC.CC.CC.CC.CC.CC.CC.CC.CC.CC.CC.c1ccc2[nH]cnc2c1.c1ccc2c(c1)CCC2.c1ccc2c(c1)CCCN2.c1ccc2c(c1)OCCO2.c1ccc2c(c1)OCO2.c1ccc2ccccc2c1.c1ccc2ccccc2c1.c1ccc2ncccc2c1.c1ccc2nccnc2c1.c1ccc2scnc2c1.c1ccccc1. The lowest BCUT2D eigenvalue weighted by molar-refractivity contribution is 0.171. The van der Waals surface area contributed by atoms with Crippen LogP contribution >= 0.6 is 11.3 Å². The molecule has 4 aliphatic heterocycles.